The van der Waals surface area contributed by atoms with Crippen LogP contribution in [0.3, 0.4) is 0 Å². The van der Waals surface area contributed by atoms with Crippen LogP contribution in [0.5, 0.6) is 11.5 Å². The molecule has 4 nitrogen and oxygen atoms in total. The Morgan fingerprint density at radius 2 is 1.16 bits per heavy atom. The van der Waals surface area contributed by atoms with E-state index in [0.29, 0.717) is 29.9 Å². The molecule has 0 radical (unpaired) electrons. The van der Waals surface area contributed by atoms with E-state index in [-0.39, 0.29) is 5.78 Å². The Bertz CT molecular complexity index is 793. The summed E-state index contributed by atoms with van der Waals surface area (Å²) in [4.78, 5) is 24.6. The average molecular weight is 439 g/mol. The number of Topliss-reactive ketones (excluding diaryl/α,β-unsaturated/α-hetero) is 1. The van der Waals surface area contributed by atoms with Gasteiger partial charge < -0.3 is 9.47 Å². The van der Waals surface area contributed by atoms with Crippen molar-refractivity contribution in [3.05, 3.63) is 59.7 Å². The topological polar surface area (TPSA) is 52.6 Å². The second-order valence-electron chi connectivity index (χ2n) is 8.29. The third-order valence-electron chi connectivity index (χ3n) is 5.50. The highest BCUT2D eigenvalue weighted by atomic mass is 16.5. The highest BCUT2D eigenvalue weighted by Crippen LogP contribution is 2.18. The van der Waals surface area contributed by atoms with Crippen LogP contribution < -0.4 is 9.47 Å². The number of hydrogen-bond acceptors (Lipinski definition) is 4. The Balaban J connectivity index is 1.74. The molecule has 0 spiro atoms. The predicted molar refractivity (Wildman–Crippen MR) is 130 cm³/mol. The fraction of sp³-hybridized carbons (Fsp3) is 0.500. The molecule has 0 atom stereocenters. The normalized spacial score (nSPS) is 10.7. The molecule has 2 rings (SSSR count). The fourth-order valence-corrected chi connectivity index (χ4v) is 3.49. The van der Waals surface area contributed by atoms with E-state index in [4.69, 9.17) is 9.47 Å². The minimum Gasteiger partial charge on any atom is -0.494 e. The van der Waals surface area contributed by atoms with Crippen molar-refractivity contribution in [2.75, 3.05) is 6.61 Å². The van der Waals surface area contributed by atoms with Gasteiger partial charge in [-0.05, 0) is 61.4 Å². The molecule has 2 aromatic carbocycles. The molecule has 4 heteroatoms. The second-order valence-corrected chi connectivity index (χ2v) is 8.29. The minimum absolute atomic E-state index is 0.135. The summed E-state index contributed by atoms with van der Waals surface area (Å²) in [6, 6.07) is 13.8. The first-order valence-electron chi connectivity index (χ1n) is 12.2. The number of hydrogen-bond donors (Lipinski definition) is 0. The van der Waals surface area contributed by atoms with Crippen LogP contribution in [0.1, 0.15) is 105 Å². The maximum absolute atomic E-state index is 12.4. The third-order valence-corrected chi connectivity index (χ3v) is 5.50. The first-order chi connectivity index (χ1) is 15.6. The maximum Gasteiger partial charge on any atom is 0.343 e. The van der Waals surface area contributed by atoms with E-state index < -0.39 is 5.97 Å². The summed E-state index contributed by atoms with van der Waals surface area (Å²) in [7, 11) is 0. The van der Waals surface area contributed by atoms with Gasteiger partial charge >= 0.3 is 5.97 Å². The molecule has 0 aliphatic carbocycles. The quantitative estimate of drug-likeness (QED) is 0.116. The van der Waals surface area contributed by atoms with Crippen molar-refractivity contribution in [1.29, 1.82) is 0 Å². The van der Waals surface area contributed by atoms with Gasteiger partial charge in [0.05, 0.1) is 12.2 Å². The molecule has 0 aliphatic rings. The molecule has 0 N–H and O–H groups in total. The van der Waals surface area contributed by atoms with Crippen LogP contribution in [0, 0.1) is 0 Å². The second kappa shape index (κ2) is 15.2. The van der Waals surface area contributed by atoms with Gasteiger partial charge in [0.1, 0.15) is 11.5 Å². The molecule has 0 unspecified atom stereocenters. The summed E-state index contributed by atoms with van der Waals surface area (Å²) >= 11 is 0. The van der Waals surface area contributed by atoms with Crippen LogP contribution in [0.4, 0.5) is 0 Å². The zero-order valence-corrected chi connectivity index (χ0v) is 19.7. The van der Waals surface area contributed by atoms with Gasteiger partial charge in [0.25, 0.3) is 0 Å². The van der Waals surface area contributed by atoms with Crippen LogP contribution in [0.2, 0.25) is 0 Å². The number of unbranched alkanes of at least 4 members (excludes halogenated alkanes) is 8. The number of ether oxygens (including phenoxy) is 2. The van der Waals surface area contributed by atoms with Crippen LogP contribution in [0.15, 0.2) is 48.5 Å². The Morgan fingerprint density at radius 3 is 1.81 bits per heavy atom. The molecule has 0 saturated carbocycles. The standard InChI is InChI=1S/C28H38O4/c1-3-5-7-9-10-12-22-31-25-18-16-24(17-19-25)28(30)32-26-20-14-23(15-21-26)27(29)13-11-8-6-4-2/h14-21H,3-13,22H2,1-2H3. The summed E-state index contributed by atoms with van der Waals surface area (Å²) in [6.45, 7) is 5.07. The smallest absolute Gasteiger partial charge is 0.343 e. The van der Waals surface area contributed by atoms with Gasteiger partial charge in [0, 0.05) is 12.0 Å². The van der Waals surface area contributed by atoms with E-state index in [0.717, 1.165) is 37.9 Å². The van der Waals surface area contributed by atoms with E-state index in [1.807, 2.05) is 0 Å². The predicted octanol–water partition coefficient (Wildman–Crippen LogP) is 7.80. The zero-order valence-electron chi connectivity index (χ0n) is 19.7. The molecule has 0 fully saturated rings. The van der Waals surface area contributed by atoms with Gasteiger partial charge in [-0.15, -0.1) is 0 Å². The Kier molecular flexibility index (Phi) is 12.2. The summed E-state index contributed by atoms with van der Waals surface area (Å²) in [6.07, 6.45) is 12.2. The van der Waals surface area contributed by atoms with Crippen LogP contribution in [0.25, 0.3) is 0 Å². The maximum atomic E-state index is 12.4. The SMILES string of the molecule is CCCCCCCCOc1ccc(C(=O)Oc2ccc(C(=O)CCCCCC)cc2)cc1. The van der Waals surface area contributed by atoms with Crippen molar-refractivity contribution in [3.63, 3.8) is 0 Å². The van der Waals surface area contributed by atoms with Crippen molar-refractivity contribution in [2.24, 2.45) is 0 Å². The van der Waals surface area contributed by atoms with Gasteiger partial charge in [0.2, 0.25) is 0 Å². The Hall–Kier alpha value is -2.62. The average Bonchev–Trinajstić information content (AvgIpc) is 2.82. The molecule has 0 aliphatic heterocycles. The lowest BCUT2D eigenvalue weighted by Gasteiger charge is -2.08. The molecule has 2 aromatic rings. The molecular weight excluding hydrogens is 400 g/mol. The third kappa shape index (κ3) is 9.67. The lowest BCUT2D eigenvalue weighted by atomic mass is 10.0. The monoisotopic (exact) mass is 438 g/mol. The van der Waals surface area contributed by atoms with Crippen molar-refractivity contribution < 1.29 is 19.1 Å². The molecule has 0 amide bonds. The van der Waals surface area contributed by atoms with Crippen LogP contribution in [-0.4, -0.2) is 18.4 Å². The number of rotatable bonds is 16. The van der Waals surface area contributed by atoms with Crippen molar-refractivity contribution >= 4 is 11.8 Å². The minimum atomic E-state index is -0.425. The van der Waals surface area contributed by atoms with Gasteiger partial charge in [-0.1, -0.05) is 65.2 Å². The van der Waals surface area contributed by atoms with E-state index in [9.17, 15) is 9.59 Å². The number of ketones is 1. The molecular formula is C28H38O4. The molecule has 0 saturated heterocycles. The number of esters is 1. The first kappa shape index (κ1) is 25.6. The van der Waals surface area contributed by atoms with Crippen LogP contribution in [-0.2, 0) is 0 Å². The van der Waals surface area contributed by atoms with E-state index >= 15 is 0 Å². The number of carbonyl (C=O) groups excluding carboxylic acids is 2. The summed E-state index contributed by atoms with van der Waals surface area (Å²) < 4.78 is 11.2. The fourth-order valence-electron chi connectivity index (χ4n) is 3.49. The molecule has 174 valence electrons. The van der Waals surface area contributed by atoms with Crippen molar-refractivity contribution in [2.45, 2.75) is 84.5 Å². The Morgan fingerprint density at radius 1 is 0.625 bits per heavy atom. The highest BCUT2D eigenvalue weighted by Gasteiger charge is 2.10. The summed E-state index contributed by atoms with van der Waals surface area (Å²) in [5, 5.41) is 0. The van der Waals surface area contributed by atoms with Gasteiger partial charge in [-0.2, -0.15) is 0 Å². The van der Waals surface area contributed by atoms with Gasteiger partial charge in [-0.25, -0.2) is 4.79 Å². The van der Waals surface area contributed by atoms with E-state index in [1.165, 1.54) is 32.1 Å². The lowest BCUT2D eigenvalue weighted by molar-refractivity contribution is 0.0734. The molecule has 0 aromatic heterocycles. The van der Waals surface area contributed by atoms with E-state index in [1.54, 1.807) is 48.5 Å². The zero-order chi connectivity index (χ0) is 23.0. The summed E-state index contributed by atoms with van der Waals surface area (Å²) in [5.74, 6) is 0.902. The van der Waals surface area contributed by atoms with Crippen molar-refractivity contribution in [1.82, 2.24) is 0 Å². The first-order valence-corrected chi connectivity index (χ1v) is 12.2. The van der Waals surface area contributed by atoms with Crippen LogP contribution >= 0.6 is 0 Å². The highest BCUT2D eigenvalue weighted by molar-refractivity contribution is 5.96. The number of benzene rings is 2. The molecule has 32 heavy (non-hydrogen) atoms. The van der Waals surface area contributed by atoms with Gasteiger partial charge in [0.15, 0.2) is 5.78 Å². The number of carbonyl (C=O) groups is 2. The molecule has 0 heterocycles. The summed E-state index contributed by atoms with van der Waals surface area (Å²) in [5.41, 5.74) is 1.13. The van der Waals surface area contributed by atoms with E-state index in [2.05, 4.69) is 13.8 Å². The van der Waals surface area contributed by atoms with Crippen molar-refractivity contribution in [3.8, 4) is 11.5 Å². The lowest BCUT2D eigenvalue weighted by Crippen LogP contribution is -2.08. The Labute approximate surface area is 193 Å². The van der Waals surface area contributed by atoms with Gasteiger partial charge in [-0.3, -0.25) is 4.79 Å². The molecule has 0 bridgehead atoms. The largest absolute Gasteiger partial charge is 0.494 e.